The molecule has 0 aliphatic heterocycles. The zero-order chi connectivity index (χ0) is 21.1. The second-order valence-electron chi connectivity index (χ2n) is 7.20. The summed E-state index contributed by atoms with van der Waals surface area (Å²) >= 11 is 0. The molecular formula is C23H21F2N5. The van der Waals surface area contributed by atoms with E-state index in [2.05, 4.69) is 15.5 Å². The largest absolute Gasteiger partial charge is 0.288 e. The lowest BCUT2D eigenvalue weighted by Crippen LogP contribution is -2.28. The summed E-state index contributed by atoms with van der Waals surface area (Å²) in [6.45, 7) is 2.25. The van der Waals surface area contributed by atoms with Gasteiger partial charge in [-0.1, -0.05) is 54.6 Å². The molecule has 0 fully saturated rings. The maximum Gasteiger partial charge on any atom is 0.178 e. The molecular weight excluding hydrogens is 384 g/mol. The Bertz CT molecular complexity index is 1140. The average molecular weight is 405 g/mol. The van der Waals surface area contributed by atoms with Crippen LogP contribution < -0.4 is 0 Å². The van der Waals surface area contributed by atoms with E-state index in [9.17, 15) is 8.78 Å². The number of tetrazole rings is 1. The molecule has 30 heavy (non-hydrogen) atoms. The van der Waals surface area contributed by atoms with Crippen molar-refractivity contribution in [3.05, 3.63) is 107 Å². The van der Waals surface area contributed by atoms with Crippen LogP contribution in [0.4, 0.5) is 8.78 Å². The molecule has 0 radical (unpaired) electrons. The van der Waals surface area contributed by atoms with Gasteiger partial charge < -0.3 is 0 Å². The highest BCUT2D eigenvalue weighted by Gasteiger charge is 2.27. The van der Waals surface area contributed by atoms with E-state index in [0.29, 0.717) is 11.4 Å². The first kappa shape index (κ1) is 19.8. The van der Waals surface area contributed by atoms with Crippen molar-refractivity contribution in [2.24, 2.45) is 0 Å². The van der Waals surface area contributed by atoms with E-state index in [0.717, 1.165) is 22.9 Å². The van der Waals surface area contributed by atoms with Crippen molar-refractivity contribution < 1.29 is 8.78 Å². The Balaban J connectivity index is 1.77. The van der Waals surface area contributed by atoms with Gasteiger partial charge in [0.25, 0.3) is 0 Å². The third kappa shape index (κ3) is 3.97. The Kier molecular flexibility index (Phi) is 5.63. The van der Waals surface area contributed by atoms with E-state index in [-0.39, 0.29) is 12.6 Å². The molecule has 0 saturated heterocycles. The van der Waals surface area contributed by atoms with Crippen molar-refractivity contribution in [1.82, 2.24) is 25.1 Å². The van der Waals surface area contributed by atoms with Crippen molar-refractivity contribution in [3.8, 4) is 5.69 Å². The summed E-state index contributed by atoms with van der Waals surface area (Å²) in [5.41, 5.74) is 3.27. The number of hydrogen-bond donors (Lipinski definition) is 0. The van der Waals surface area contributed by atoms with Crippen molar-refractivity contribution in [2.75, 3.05) is 7.05 Å². The number of nitrogens with zero attached hydrogens (tertiary/aromatic N) is 5. The minimum absolute atomic E-state index is 0.256. The third-order valence-electron chi connectivity index (χ3n) is 5.07. The molecule has 0 unspecified atom stereocenters. The number of para-hydroxylation sites is 1. The number of halogens is 2. The molecule has 3 aromatic carbocycles. The van der Waals surface area contributed by atoms with E-state index in [1.807, 2.05) is 73.5 Å². The molecule has 0 saturated carbocycles. The first-order valence-electron chi connectivity index (χ1n) is 9.58. The zero-order valence-corrected chi connectivity index (χ0v) is 16.7. The fraction of sp³-hybridized carbons (Fsp3) is 0.174. The van der Waals surface area contributed by atoms with Crippen LogP contribution in [-0.4, -0.2) is 32.2 Å². The second-order valence-corrected chi connectivity index (χ2v) is 7.20. The number of aromatic nitrogens is 4. The van der Waals surface area contributed by atoms with Gasteiger partial charge in [-0.25, -0.2) is 8.78 Å². The van der Waals surface area contributed by atoms with Crippen LogP contribution in [-0.2, 0) is 6.54 Å². The number of benzene rings is 3. The maximum atomic E-state index is 14.3. The third-order valence-corrected chi connectivity index (χ3v) is 5.07. The van der Waals surface area contributed by atoms with Crippen LogP contribution in [0.15, 0.2) is 72.8 Å². The lowest BCUT2D eigenvalue weighted by molar-refractivity contribution is 0.254. The second kappa shape index (κ2) is 8.51. The summed E-state index contributed by atoms with van der Waals surface area (Å²) in [5.74, 6) is -0.560. The normalized spacial score (nSPS) is 12.3. The molecule has 0 N–H and O–H groups in total. The maximum absolute atomic E-state index is 14.3. The molecule has 0 spiro atoms. The first-order chi connectivity index (χ1) is 14.5. The van der Waals surface area contributed by atoms with Crippen molar-refractivity contribution >= 4 is 0 Å². The lowest BCUT2D eigenvalue weighted by Gasteiger charge is -2.28. The highest BCUT2D eigenvalue weighted by atomic mass is 19.1. The minimum Gasteiger partial charge on any atom is -0.288 e. The molecule has 1 atom stereocenters. The molecule has 0 aliphatic carbocycles. The van der Waals surface area contributed by atoms with Crippen LogP contribution in [0.3, 0.4) is 0 Å². The standard InChI is InChI=1S/C23H21F2N5/c1-16-8-6-7-11-21(16)30-23(26-27-28-30)22(17-9-4-3-5-10-17)29(2)15-18-12-13-19(24)14-20(18)25/h3-14,22H,15H2,1-2H3/t22-/m1/s1. The van der Waals surface area contributed by atoms with Gasteiger partial charge in [-0.05, 0) is 47.7 Å². The quantitative estimate of drug-likeness (QED) is 0.475. The van der Waals surface area contributed by atoms with Crippen LogP contribution in [0.1, 0.15) is 28.6 Å². The molecule has 7 heteroatoms. The summed E-state index contributed by atoms with van der Waals surface area (Å²) in [6.07, 6.45) is 0. The molecule has 4 rings (SSSR count). The monoisotopic (exact) mass is 405 g/mol. The smallest absolute Gasteiger partial charge is 0.178 e. The van der Waals surface area contributed by atoms with Crippen molar-refractivity contribution in [3.63, 3.8) is 0 Å². The molecule has 5 nitrogen and oxygen atoms in total. The van der Waals surface area contributed by atoms with Gasteiger partial charge in [0.15, 0.2) is 5.82 Å². The molecule has 152 valence electrons. The van der Waals surface area contributed by atoms with Crippen LogP contribution in [0.25, 0.3) is 5.69 Å². The summed E-state index contributed by atoms with van der Waals surface area (Å²) in [7, 11) is 1.87. The zero-order valence-electron chi connectivity index (χ0n) is 16.7. The van der Waals surface area contributed by atoms with Gasteiger partial charge in [0.1, 0.15) is 11.6 Å². The van der Waals surface area contributed by atoms with E-state index in [4.69, 9.17) is 0 Å². The number of rotatable bonds is 6. The molecule has 0 aliphatic rings. The van der Waals surface area contributed by atoms with E-state index < -0.39 is 11.6 Å². The SMILES string of the molecule is Cc1ccccc1-n1nnnc1[C@@H](c1ccccc1)N(C)Cc1ccc(F)cc1F. The average Bonchev–Trinajstić information content (AvgIpc) is 3.20. The van der Waals surface area contributed by atoms with Gasteiger partial charge in [0.05, 0.1) is 11.7 Å². The van der Waals surface area contributed by atoms with Crippen LogP contribution in [0.2, 0.25) is 0 Å². The Labute approximate surface area is 173 Å². The van der Waals surface area contributed by atoms with Gasteiger partial charge in [-0.2, -0.15) is 4.68 Å². The Morgan fingerprint density at radius 3 is 2.43 bits per heavy atom. The molecule has 0 amide bonds. The predicted molar refractivity (Wildman–Crippen MR) is 110 cm³/mol. The van der Waals surface area contributed by atoms with Gasteiger partial charge >= 0.3 is 0 Å². The van der Waals surface area contributed by atoms with E-state index in [1.165, 1.54) is 12.1 Å². The topological polar surface area (TPSA) is 46.8 Å². The van der Waals surface area contributed by atoms with Gasteiger partial charge in [-0.15, -0.1) is 5.10 Å². The van der Waals surface area contributed by atoms with Gasteiger partial charge in [0.2, 0.25) is 0 Å². The highest BCUT2D eigenvalue weighted by molar-refractivity contribution is 5.40. The summed E-state index contributed by atoms with van der Waals surface area (Å²) in [5, 5.41) is 12.5. The van der Waals surface area contributed by atoms with Crippen LogP contribution >= 0.6 is 0 Å². The van der Waals surface area contributed by atoms with Gasteiger partial charge in [-0.3, -0.25) is 4.90 Å². The molecule has 1 aromatic heterocycles. The fourth-order valence-corrected chi connectivity index (χ4v) is 3.58. The highest BCUT2D eigenvalue weighted by Crippen LogP contribution is 2.29. The van der Waals surface area contributed by atoms with E-state index >= 15 is 0 Å². The number of hydrogen-bond acceptors (Lipinski definition) is 4. The van der Waals surface area contributed by atoms with Crippen molar-refractivity contribution in [1.29, 1.82) is 0 Å². The van der Waals surface area contributed by atoms with Gasteiger partial charge in [0, 0.05) is 18.2 Å². The first-order valence-corrected chi connectivity index (χ1v) is 9.58. The van der Waals surface area contributed by atoms with Crippen molar-refractivity contribution in [2.45, 2.75) is 19.5 Å². The Morgan fingerprint density at radius 2 is 1.70 bits per heavy atom. The summed E-state index contributed by atoms with van der Waals surface area (Å²) in [6, 6.07) is 20.9. The molecule has 1 heterocycles. The Morgan fingerprint density at radius 1 is 0.967 bits per heavy atom. The minimum atomic E-state index is -0.595. The summed E-state index contributed by atoms with van der Waals surface area (Å²) in [4.78, 5) is 1.95. The van der Waals surface area contributed by atoms with E-state index in [1.54, 1.807) is 4.68 Å². The molecule has 4 aromatic rings. The predicted octanol–water partition coefficient (Wildman–Crippen LogP) is 4.47. The molecule has 0 bridgehead atoms. The fourth-order valence-electron chi connectivity index (χ4n) is 3.58. The number of aryl methyl sites for hydroxylation is 1. The van der Waals surface area contributed by atoms with Crippen LogP contribution in [0, 0.1) is 18.6 Å². The van der Waals surface area contributed by atoms with Crippen LogP contribution in [0.5, 0.6) is 0 Å². The summed E-state index contributed by atoms with van der Waals surface area (Å²) < 4.78 is 29.3. The lowest BCUT2D eigenvalue weighted by atomic mass is 10.0. The Hall–Kier alpha value is -3.45.